The molecule has 102 valence electrons. The zero-order valence-corrected chi connectivity index (χ0v) is 11.9. The summed E-state index contributed by atoms with van der Waals surface area (Å²) >= 11 is 0. The fourth-order valence-corrected chi connectivity index (χ4v) is 2.53. The maximum atomic E-state index is 11.7. The first kappa shape index (κ1) is 12.7. The highest BCUT2D eigenvalue weighted by Gasteiger charge is 2.23. The Morgan fingerprint density at radius 3 is 2.40 bits per heavy atom. The summed E-state index contributed by atoms with van der Waals surface area (Å²) in [6.07, 6.45) is -0.436. The first-order valence-corrected chi connectivity index (χ1v) is 6.73. The highest BCUT2D eigenvalue weighted by Crippen LogP contribution is 2.34. The van der Waals surface area contributed by atoms with Crippen LogP contribution in [0.4, 0.5) is 5.69 Å². The predicted octanol–water partition coefficient (Wildman–Crippen LogP) is 3.69. The topological polar surface area (TPSA) is 38.3 Å². The van der Waals surface area contributed by atoms with E-state index in [1.165, 1.54) is 11.1 Å². The SMILES string of the molecule is Cc1cc(C)cc(-c2ccc3c(c2)NC(=O)C(C)O3)c1. The molecule has 0 radical (unpaired) electrons. The molecule has 0 saturated carbocycles. The zero-order chi connectivity index (χ0) is 14.3. The van der Waals surface area contributed by atoms with Gasteiger partial charge in [-0.1, -0.05) is 35.4 Å². The van der Waals surface area contributed by atoms with E-state index in [1.807, 2.05) is 18.2 Å². The average Bonchev–Trinajstić information content (AvgIpc) is 2.38. The summed E-state index contributed by atoms with van der Waals surface area (Å²) in [4.78, 5) is 11.7. The molecule has 0 spiro atoms. The van der Waals surface area contributed by atoms with E-state index in [9.17, 15) is 4.79 Å². The Bertz CT molecular complexity index is 671. The van der Waals surface area contributed by atoms with Crippen LogP contribution in [0.3, 0.4) is 0 Å². The van der Waals surface area contributed by atoms with Gasteiger partial charge in [0.05, 0.1) is 5.69 Å². The van der Waals surface area contributed by atoms with Gasteiger partial charge in [-0.3, -0.25) is 4.79 Å². The van der Waals surface area contributed by atoms with Crippen molar-refractivity contribution in [3.63, 3.8) is 0 Å². The molecule has 20 heavy (non-hydrogen) atoms. The molecule has 1 unspecified atom stereocenters. The van der Waals surface area contributed by atoms with E-state index in [0.29, 0.717) is 0 Å². The molecule has 0 fully saturated rings. The highest BCUT2D eigenvalue weighted by molar-refractivity contribution is 5.98. The predicted molar refractivity (Wildman–Crippen MR) is 80.1 cm³/mol. The number of rotatable bonds is 1. The van der Waals surface area contributed by atoms with Crippen LogP contribution in [-0.4, -0.2) is 12.0 Å². The third-order valence-corrected chi connectivity index (χ3v) is 3.47. The van der Waals surface area contributed by atoms with E-state index in [4.69, 9.17) is 4.74 Å². The molecule has 0 aliphatic carbocycles. The van der Waals surface area contributed by atoms with Gasteiger partial charge in [-0.2, -0.15) is 0 Å². The number of aryl methyl sites for hydroxylation is 2. The lowest BCUT2D eigenvalue weighted by Gasteiger charge is -2.23. The van der Waals surface area contributed by atoms with Crippen LogP contribution in [0, 0.1) is 13.8 Å². The molecule has 0 aromatic heterocycles. The standard InChI is InChI=1S/C17H17NO2/c1-10-6-11(2)8-14(7-10)13-4-5-16-15(9-13)18-17(19)12(3)20-16/h4-9,12H,1-3H3,(H,18,19). The summed E-state index contributed by atoms with van der Waals surface area (Å²) in [5.74, 6) is 0.625. The normalized spacial score (nSPS) is 17.1. The lowest BCUT2D eigenvalue weighted by atomic mass is 10.00. The van der Waals surface area contributed by atoms with Crippen LogP contribution in [0.1, 0.15) is 18.1 Å². The molecule has 1 atom stereocenters. The zero-order valence-electron chi connectivity index (χ0n) is 11.9. The number of fused-ring (bicyclic) bond motifs is 1. The molecule has 3 rings (SSSR count). The highest BCUT2D eigenvalue weighted by atomic mass is 16.5. The van der Waals surface area contributed by atoms with Gasteiger partial charge in [0.2, 0.25) is 0 Å². The van der Waals surface area contributed by atoms with Crippen LogP contribution < -0.4 is 10.1 Å². The van der Waals surface area contributed by atoms with Crippen molar-refractivity contribution in [2.45, 2.75) is 26.9 Å². The molecular formula is C17H17NO2. The summed E-state index contributed by atoms with van der Waals surface area (Å²) in [5.41, 5.74) is 5.43. The molecule has 3 nitrogen and oxygen atoms in total. The number of hydrogen-bond acceptors (Lipinski definition) is 2. The Hall–Kier alpha value is -2.29. The molecule has 0 saturated heterocycles. The maximum Gasteiger partial charge on any atom is 0.265 e. The molecule has 0 bridgehead atoms. The van der Waals surface area contributed by atoms with Crippen molar-refractivity contribution < 1.29 is 9.53 Å². The number of anilines is 1. The average molecular weight is 267 g/mol. The van der Waals surface area contributed by atoms with Gasteiger partial charge in [0, 0.05) is 0 Å². The maximum absolute atomic E-state index is 11.7. The second-order valence-corrected chi connectivity index (χ2v) is 5.34. The fraction of sp³-hybridized carbons (Fsp3) is 0.235. The van der Waals surface area contributed by atoms with Gasteiger partial charge in [-0.05, 0) is 44.0 Å². The third-order valence-electron chi connectivity index (χ3n) is 3.47. The Labute approximate surface area is 118 Å². The van der Waals surface area contributed by atoms with Crippen LogP contribution in [-0.2, 0) is 4.79 Å². The van der Waals surface area contributed by atoms with E-state index in [0.717, 1.165) is 22.6 Å². The van der Waals surface area contributed by atoms with Crippen molar-refractivity contribution in [2.75, 3.05) is 5.32 Å². The van der Waals surface area contributed by atoms with E-state index in [-0.39, 0.29) is 5.91 Å². The number of amides is 1. The summed E-state index contributed by atoms with van der Waals surface area (Å²) in [6, 6.07) is 12.3. The van der Waals surface area contributed by atoms with Crippen LogP contribution >= 0.6 is 0 Å². The number of benzene rings is 2. The molecule has 1 amide bonds. The third kappa shape index (κ3) is 2.27. The largest absolute Gasteiger partial charge is 0.479 e. The van der Waals surface area contributed by atoms with E-state index in [1.54, 1.807) is 6.92 Å². The van der Waals surface area contributed by atoms with E-state index < -0.39 is 6.10 Å². The Morgan fingerprint density at radius 2 is 1.70 bits per heavy atom. The molecular weight excluding hydrogens is 250 g/mol. The molecule has 2 aromatic rings. The second kappa shape index (κ2) is 4.67. The van der Waals surface area contributed by atoms with E-state index >= 15 is 0 Å². The molecule has 1 aliphatic heterocycles. The van der Waals surface area contributed by atoms with Crippen molar-refractivity contribution >= 4 is 11.6 Å². The van der Waals surface area contributed by atoms with Gasteiger partial charge < -0.3 is 10.1 Å². The van der Waals surface area contributed by atoms with Crippen LogP contribution in [0.15, 0.2) is 36.4 Å². The van der Waals surface area contributed by atoms with Gasteiger partial charge in [0.1, 0.15) is 5.75 Å². The van der Waals surface area contributed by atoms with Gasteiger partial charge in [0.25, 0.3) is 5.91 Å². The first-order valence-electron chi connectivity index (χ1n) is 6.73. The minimum Gasteiger partial charge on any atom is -0.479 e. The molecule has 1 N–H and O–H groups in total. The monoisotopic (exact) mass is 267 g/mol. The van der Waals surface area contributed by atoms with Crippen molar-refractivity contribution in [2.24, 2.45) is 0 Å². The second-order valence-electron chi connectivity index (χ2n) is 5.34. The number of carbonyl (C=O) groups excluding carboxylic acids is 1. The molecule has 2 aromatic carbocycles. The van der Waals surface area contributed by atoms with E-state index in [2.05, 4.69) is 37.4 Å². The Kier molecular flexibility index (Phi) is 2.97. The summed E-state index contributed by atoms with van der Waals surface area (Å²) in [6.45, 7) is 5.92. The lowest BCUT2D eigenvalue weighted by molar-refractivity contribution is -0.122. The smallest absolute Gasteiger partial charge is 0.265 e. The number of hydrogen-bond donors (Lipinski definition) is 1. The molecule has 1 aliphatic rings. The van der Waals surface area contributed by atoms with Crippen molar-refractivity contribution in [3.8, 4) is 16.9 Å². The van der Waals surface area contributed by atoms with Crippen LogP contribution in [0.5, 0.6) is 5.75 Å². The van der Waals surface area contributed by atoms with Crippen LogP contribution in [0.2, 0.25) is 0 Å². The number of carbonyl (C=O) groups is 1. The van der Waals surface area contributed by atoms with Crippen molar-refractivity contribution in [3.05, 3.63) is 47.5 Å². The fourth-order valence-electron chi connectivity index (χ4n) is 2.53. The van der Waals surface area contributed by atoms with Gasteiger partial charge in [0.15, 0.2) is 6.10 Å². The van der Waals surface area contributed by atoms with Crippen LogP contribution in [0.25, 0.3) is 11.1 Å². The summed E-state index contributed by atoms with van der Waals surface area (Å²) in [7, 11) is 0. The van der Waals surface area contributed by atoms with Crippen molar-refractivity contribution in [1.29, 1.82) is 0 Å². The number of nitrogens with one attached hydrogen (secondary N) is 1. The summed E-state index contributed by atoms with van der Waals surface area (Å²) in [5, 5.41) is 2.89. The molecule has 1 heterocycles. The summed E-state index contributed by atoms with van der Waals surface area (Å²) < 4.78 is 5.57. The quantitative estimate of drug-likeness (QED) is 0.855. The van der Waals surface area contributed by atoms with Crippen molar-refractivity contribution in [1.82, 2.24) is 0 Å². The van der Waals surface area contributed by atoms with Gasteiger partial charge in [-0.15, -0.1) is 0 Å². The van der Waals surface area contributed by atoms with Gasteiger partial charge >= 0.3 is 0 Å². The lowest BCUT2D eigenvalue weighted by Crippen LogP contribution is -2.34. The minimum absolute atomic E-state index is 0.102. The molecule has 3 heteroatoms. The Balaban J connectivity index is 2.04. The first-order chi connectivity index (χ1) is 9.52. The minimum atomic E-state index is -0.436. The Morgan fingerprint density at radius 1 is 1.00 bits per heavy atom. The van der Waals surface area contributed by atoms with Gasteiger partial charge in [-0.25, -0.2) is 0 Å². The number of ether oxygens (including phenoxy) is 1.